The summed E-state index contributed by atoms with van der Waals surface area (Å²) in [6.45, 7) is 12.4. The summed E-state index contributed by atoms with van der Waals surface area (Å²) in [5.74, 6) is 0.404. The number of hydrogen-bond acceptors (Lipinski definition) is 2. The van der Waals surface area contributed by atoms with Crippen LogP contribution in [0.15, 0.2) is 24.3 Å². The van der Waals surface area contributed by atoms with Crippen molar-refractivity contribution in [2.75, 3.05) is 7.11 Å². The van der Waals surface area contributed by atoms with Gasteiger partial charge in [-0.15, -0.1) is 0 Å². The van der Waals surface area contributed by atoms with E-state index in [1.54, 1.807) is 0 Å². The zero-order valence-corrected chi connectivity index (χ0v) is 16.6. The molecule has 1 aromatic carbocycles. The molecule has 0 amide bonds. The maximum absolute atomic E-state index is 11.5. The first-order valence-electron chi connectivity index (χ1n) is 8.85. The van der Waals surface area contributed by atoms with Crippen molar-refractivity contribution in [3.63, 3.8) is 0 Å². The summed E-state index contributed by atoms with van der Waals surface area (Å²) in [6, 6.07) is 8.04. The Bertz CT molecular complexity index is 532. The molecule has 128 valence electrons. The lowest BCUT2D eigenvalue weighted by molar-refractivity contribution is 0.0600. The molecule has 0 bridgehead atoms. The third-order valence-corrected chi connectivity index (χ3v) is 13.0. The summed E-state index contributed by atoms with van der Waals surface area (Å²) in [6.07, 6.45) is 5.29. The molecule has 0 unspecified atom stereocenters. The highest BCUT2D eigenvalue weighted by Crippen LogP contribution is 2.51. The van der Waals surface area contributed by atoms with E-state index in [0.717, 1.165) is 5.54 Å². The minimum Gasteiger partial charge on any atom is -0.465 e. The van der Waals surface area contributed by atoms with Crippen LogP contribution in [0.2, 0.25) is 23.7 Å². The van der Waals surface area contributed by atoms with Crippen LogP contribution < -0.4 is 0 Å². The highest BCUT2D eigenvalue weighted by atomic mass is 28.3. The summed E-state index contributed by atoms with van der Waals surface area (Å²) in [5.41, 5.74) is 2.96. The zero-order chi connectivity index (χ0) is 17.3. The van der Waals surface area contributed by atoms with Gasteiger partial charge in [-0.2, -0.15) is 0 Å². The van der Waals surface area contributed by atoms with Crippen molar-refractivity contribution < 1.29 is 9.53 Å². The van der Waals surface area contributed by atoms with Gasteiger partial charge >= 0.3 is 5.97 Å². The van der Waals surface area contributed by atoms with Gasteiger partial charge in [0.05, 0.1) is 20.7 Å². The molecule has 23 heavy (non-hydrogen) atoms. The van der Waals surface area contributed by atoms with E-state index in [-0.39, 0.29) is 5.97 Å². The van der Waals surface area contributed by atoms with Crippen LogP contribution in [0, 0.1) is 0 Å². The van der Waals surface area contributed by atoms with E-state index in [2.05, 4.69) is 46.0 Å². The Labute approximate surface area is 142 Å². The Hall–Kier alpha value is -1.09. The normalized spacial score (nSPS) is 22.7. The summed E-state index contributed by atoms with van der Waals surface area (Å²) in [4.78, 5) is 11.5. The number of carbonyl (C=O) groups is 1. The molecular formula is C20H32O2Si. The van der Waals surface area contributed by atoms with Crippen molar-refractivity contribution in [1.29, 1.82) is 0 Å². The van der Waals surface area contributed by atoms with Crippen molar-refractivity contribution in [3.8, 4) is 0 Å². The molecule has 0 spiro atoms. The molecule has 1 saturated carbocycles. The predicted molar refractivity (Wildman–Crippen MR) is 99.9 cm³/mol. The minimum absolute atomic E-state index is 0.252. The highest BCUT2D eigenvalue weighted by Gasteiger charge is 2.43. The first kappa shape index (κ1) is 18.2. The molecule has 2 nitrogen and oxygen atoms in total. The van der Waals surface area contributed by atoms with Gasteiger partial charge in [-0.05, 0) is 47.0 Å². The van der Waals surface area contributed by atoms with E-state index in [1.807, 2.05) is 12.1 Å². The van der Waals surface area contributed by atoms with Crippen LogP contribution in [-0.2, 0) is 4.74 Å². The fourth-order valence-electron chi connectivity index (χ4n) is 3.77. The predicted octanol–water partition coefficient (Wildman–Crippen LogP) is 6.01. The molecule has 1 fully saturated rings. The molecule has 0 aromatic heterocycles. The van der Waals surface area contributed by atoms with Crippen LogP contribution in [0.25, 0.3) is 0 Å². The first-order chi connectivity index (χ1) is 10.7. The monoisotopic (exact) mass is 332 g/mol. The molecule has 0 aliphatic heterocycles. The van der Waals surface area contributed by atoms with Crippen LogP contribution in [0.1, 0.15) is 68.3 Å². The van der Waals surface area contributed by atoms with E-state index < -0.39 is 8.07 Å². The maximum Gasteiger partial charge on any atom is 0.337 e. The van der Waals surface area contributed by atoms with Gasteiger partial charge in [0.15, 0.2) is 0 Å². The fourth-order valence-corrected chi connectivity index (χ4v) is 6.77. The van der Waals surface area contributed by atoms with Gasteiger partial charge in [0, 0.05) is 0 Å². The van der Waals surface area contributed by atoms with Crippen molar-refractivity contribution in [1.82, 2.24) is 0 Å². The zero-order valence-electron chi connectivity index (χ0n) is 15.6. The Kier molecular flexibility index (Phi) is 5.39. The lowest BCUT2D eigenvalue weighted by Crippen LogP contribution is -2.43. The number of esters is 1. The lowest BCUT2D eigenvalue weighted by atomic mass is 9.83. The van der Waals surface area contributed by atoms with Gasteiger partial charge in [-0.3, -0.25) is 0 Å². The average molecular weight is 333 g/mol. The summed E-state index contributed by atoms with van der Waals surface area (Å²) in [5, 5.41) is 0.479. The van der Waals surface area contributed by atoms with E-state index >= 15 is 0 Å². The van der Waals surface area contributed by atoms with Crippen LogP contribution in [0.3, 0.4) is 0 Å². The lowest BCUT2D eigenvalue weighted by Gasteiger charge is -2.46. The van der Waals surface area contributed by atoms with Crippen molar-refractivity contribution in [2.45, 2.75) is 76.0 Å². The molecular weight excluding hydrogens is 300 g/mol. The quantitative estimate of drug-likeness (QED) is 0.500. The SMILES string of the molecule is COC(=O)c1ccc(C2CCC([Si](C)(C)C(C)(C)C)CC2)cc1. The minimum atomic E-state index is -1.22. The van der Waals surface area contributed by atoms with Gasteiger partial charge in [0.25, 0.3) is 0 Å². The fraction of sp³-hybridized carbons (Fsp3) is 0.650. The molecule has 0 saturated heterocycles. The largest absolute Gasteiger partial charge is 0.465 e. The molecule has 2 rings (SSSR count). The van der Waals surface area contributed by atoms with Crippen LogP contribution in [0.4, 0.5) is 0 Å². The molecule has 0 heterocycles. The standard InChI is InChI=1S/C20H32O2Si/c1-20(2,3)23(5,6)18-13-11-16(12-14-18)15-7-9-17(10-8-15)19(21)22-4/h7-10,16,18H,11-14H2,1-6H3. The highest BCUT2D eigenvalue weighted by molar-refractivity contribution is 6.81. The van der Waals surface area contributed by atoms with Crippen LogP contribution >= 0.6 is 0 Å². The Morgan fingerprint density at radius 1 is 1.04 bits per heavy atom. The average Bonchev–Trinajstić information content (AvgIpc) is 2.53. The van der Waals surface area contributed by atoms with Gasteiger partial charge in [-0.25, -0.2) is 4.79 Å². The molecule has 0 radical (unpaired) electrons. The first-order valence-corrected chi connectivity index (χ1v) is 11.9. The summed E-state index contributed by atoms with van der Waals surface area (Å²) >= 11 is 0. The molecule has 1 aliphatic carbocycles. The third kappa shape index (κ3) is 3.88. The second kappa shape index (κ2) is 6.80. The number of methoxy groups -OCH3 is 1. The molecule has 1 aliphatic rings. The summed E-state index contributed by atoms with van der Waals surface area (Å²) < 4.78 is 4.77. The second-order valence-electron chi connectivity index (χ2n) is 8.63. The van der Waals surface area contributed by atoms with Crippen molar-refractivity contribution in [3.05, 3.63) is 35.4 Å². The van der Waals surface area contributed by atoms with Crippen molar-refractivity contribution in [2.24, 2.45) is 0 Å². The molecule has 0 atom stereocenters. The number of carbonyl (C=O) groups excluding carboxylic acids is 1. The van der Waals surface area contributed by atoms with Gasteiger partial charge in [-0.1, -0.05) is 58.8 Å². The molecule has 3 heteroatoms. The number of rotatable bonds is 3. The van der Waals surface area contributed by atoms with Gasteiger partial charge in [0.2, 0.25) is 0 Å². The molecule has 0 N–H and O–H groups in total. The summed E-state index contributed by atoms with van der Waals surface area (Å²) in [7, 11) is 0.204. The van der Waals surface area contributed by atoms with Gasteiger partial charge in [0.1, 0.15) is 0 Å². The molecule has 1 aromatic rings. The maximum atomic E-state index is 11.5. The van der Waals surface area contributed by atoms with Crippen LogP contribution in [-0.4, -0.2) is 21.2 Å². The number of hydrogen-bond donors (Lipinski definition) is 0. The smallest absolute Gasteiger partial charge is 0.337 e. The Balaban J connectivity index is 2.01. The third-order valence-electron chi connectivity index (χ3n) is 6.48. The van der Waals surface area contributed by atoms with Gasteiger partial charge < -0.3 is 4.74 Å². The van der Waals surface area contributed by atoms with E-state index in [0.29, 0.717) is 16.5 Å². The Morgan fingerprint density at radius 3 is 2.00 bits per heavy atom. The van der Waals surface area contributed by atoms with E-state index in [4.69, 9.17) is 4.74 Å². The topological polar surface area (TPSA) is 26.3 Å². The number of ether oxygens (including phenoxy) is 1. The van der Waals surface area contributed by atoms with E-state index in [1.165, 1.54) is 38.4 Å². The Morgan fingerprint density at radius 2 is 1.57 bits per heavy atom. The van der Waals surface area contributed by atoms with Crippen molar-refractivity contribution >= 4 is 14.0 Å². The van der Waals surface area contributed by atoms with Crippen LogP contribution in [0.5, 0.6) is 0 Å². The number of benzene rings is 1. The second-order valence-corrected chi connectivity index (χ2v) is 14.4. The van der Waals surface area contributed by atoms with E-state index in [9.17, 15) is 4.79 Å².